The zero-order valence-corrected chi connectivity index (χ0v) is 9.65. The van der Waals surface area contributed by atoms with Gasteiger partial charge in [0.1, 0.15) is 5.82 Å². The molecule has 1 N–H and O–H groups in total. The molecule has 2 aromatic heterocycles. The number of aromatic nitrogens is 3. The van der Waals surface area contributed by atoms with E-state index < -0.39 is 0 Å². The number of pyridine rings is 1. The number of rotatable bonds is 1. The highest BCUT2D eigenvalue weighted by Gasteiger charge is 2.21. The molecule has 2 aromatic rings. The van der Waals surface area contributed by atoms with Crippen LogP contribution in [0.1, 0.15) is 24.6 Å². The number of nitrogens with zero attached hydrogens (tertiary/aromatic N) is 3. The Morgan fingerprint density at radius 1 is 1.44 bits per heavy atom. The lowest BCUT2D eigenvalue weighted by Gasteiger charge is -2.19. The summed E-state index contributed by atoms with van der Waals surface area (Å²) in [6, 6.07) is 3.47. The first-order valence-electron chi connectivity index (χ1n) is 5.46. The second-order valence-corrected chi connectivity index (χ2v) is 5.21. The molecule has 0 saturated carbocycles. The molecule has 1 aliphatic heterocycles. The Balaban J connectivity index is 2.06. The fourth-order valence-corrected chi connectivity index (χ4v) is 3.28. The second-order valence-electron chi connectivity index (χ2n) is 4.06. The lowest BCUT2D eigenvalue weighted by atomic mass is 10.1. The quantitative estimate of drug-likeness (QED) is 0.822. The predicted molar refractivity (Wildman–Crippen MR) is 64.0 cm³/mol. The lowest BCUT2D eigenvalue weighted by Crippen LogP contribution is -2.12. The van der Waals surface area contributed by atoms with Gasteiger partial charge in [-0.3, -0.25) is 4.40 Å². The minimum absolute atomic E-state index is 0.199. The van der Waals surface area contributed by atoms with Crippen molar-refractivity contribution in [3.8, 4) is 5.75 Å². The Labute approximate surface area is 97.7 Å². The van der Waals surface area contributed by atoms with Gasteiger partial charge in [0.25, 0.3) is 0 Å². The van der Waals surface area contributed by atoms with Crippen molar-refractivity contribution in [2.24, 2.45) is 0 Å². The largest absolute Gasteiger partial charge is 0.504 e. The van der Waals surface area contributed by atoms with E-state index in [1.807, 2.05) is 28.4 Å². The van der Waals surface area contributed by atoms with Crippen molar-refractivity contribution in [2.45, 2.75) is 18.8 Å². The van der Waals surface area contributed by atoms with Crippen molar-refractivity contribution in [3.05, 3.63) is 24.2 Å². The normalized spacial score (nSPS) is 21.4. The van der Waals surface area contributed by atoms with E-state index in [0.717, 1.165) is 11.6 Å². The zero-order valence-electron chi connectivity index (χ0n) is 8.83. The summed E-state index contributed by atoms with van der Waals surface area (Å²) in [6.45, 7) is 0. The van der Waals surface area contributed by atoms with Crippen LogP contribution in [0.3, 0.4) is 0 Å². The van der Waals surface area contributed by atoms with Gasteiger partial charge in [0, 0.05) is 17.9 Å². The summed E-state index contributed by atoms with van der Waals surface area (Å²) < 4.78 is 1.91. The van der Waals surface area contributed by atoms with E-state index in [1.54, 1.807) is 6.07 Å². The maximum atomic E-state index is 9.65. The molecular weight excluding hydrogens is 222 g/mol. The molecule has 0 amide bonds. The van der Waals surface area contributed by atoms with Crippen LogP contribution in [0.25, 0.3) is 5.65 Å². The fraction of sp³-hybridized carbons (Fsp3) is 0.455. The first-order chi connectivity index (χ1) is 7.86. The van der Waals surface area contributed by atoms with Crippen LogP contribution in [0.15, 0.2) is 18.3 Å². The molecule has 1 atom stereocenters. The van der Waals surface area contributed by atoms with Crippen molar-refractivity contribution in [1.29, 1.82) is 0 Å². The molecule has 0 bridgehead atoms. The number of thioether (sulfide) groups is 1. The average molecular weight is 235 g/mol. The highest BCUT2D eigenvalue weighted by Crippen LogP contribution is 2.31. The third kappa shape index (κ3) is 1.55. The molecule has 16 heavy (non-hydrogen) atoms. The van der Waals surface area contributed by atoms with Crippen molar-refractivity contribution in [3.63, 3.8) is 0 Å². The Bertz CT molecular complexity index is 505. The third-order valence-corrected chi connectivity index (χ3v) is 4.18. The Morgan fingerprint density at radius 2 is 2.38 bits per heavy atom. The topological polar surface area (TPSA) is 50.4 Å². The van der Waals surface area contributed by atoms with Crippen molar-refractivity contribution in [1.82, 2.24) is 14.6 Å². The molecule has 4 nitrogen and oxygen atoms in total. The fourth-order valence-electron chi connectivity index (χ4n) is 2.14. The van der Waals surface area contributed by atoms with Gasteiger partial charge in [-0.05, 0) is 30.7 Å². The molecule has 1 saturated heterocycles. The minimum Gasteiger partial charge on any atom is -0.504 e. The van der Waals surface area contributed by atoms with Crippen LogP contribution in [0.2, 0.25) is 0 Å². The first-order valence-corrected chi connectivity index (χ1v) is 6.62. The van der Waals surface area contributed by atoms with Gasteiger partial charge in [-0.2, -0.15) is 11.8 Å². The number of hydrogen-bond donors (Lipinski definition) is 1. The Kier molecular flexibility index (Phi) is 2.47. The van der Waals surface area contributed by atoms with Gasteiger partial charge in [-0.1, -0.05) is 0 Å². The van der Waals surface area contributed by atoms with Gasteiger partial charge in [0.15, 0.2) is 5.75 Å². The molecule has 0 spiro atoms. The molecule has 0 aliphatic carbocycles. The Morgan fingerprint density at radius 3 is 3.19 bits per heavy atom. The second kappa shape index (κ2) is 3.97. The van der Waals surface area contributed by atoms with E-state index in [0.29, 0.717) is 11.6 Å². The van der Waals surface area contributed by atoms with E-state index in [-0.39, 0.29) is 5.75 Å². The van der Waals surface area contributed by atoms with Crippen molar-refractivity contribution in [2.75, 3.05) is 11.5 Å². The molecule has 3 heterocycles. The maximum Gasteiger partial charge on any atom is 0.203 e. The van der Waals surface area contributed by atoms with E-state index in [9.17, 15) is 5.11 Å². The summed E-state index contributed by atoms with van der Waals surface area (Å²) in [5.41, 5.74) is 0.563. The van der Waals surface area contributed by atoms with Gasteiger partial charge < -0.3 is 5.11 Å². The monoisotopic (exact) mass is 235 g/mol. The summed E-state index contributed by atoms with van der Waals surface area (Å²) in [6.07, 6.45) is 4.33. The van der Waals surface area contributed by atoms with Crippen LogP contribution >= 0.6 is 11.8 Å². The van der Waals surface area contributed by atoms with Crippen LogP contribution in [-0.2, 0) is 0 Å². The smallest absolute Gasteiger partial charge is 0.203 e. The minimum atomic E-state index is 0.199. The standard InChI is InChI=1S/C11H13N3OS/c15-9-4-1-5-14-10(12-13-11(9)14)8-3-2-6-16-7-8/h1,4-5,8,15H,2-3,6-7H2. The molecule has 1 fully saturated rings. The van der Waals surface area contributed by atoms with Gasteiger partial charge >= 0.3 is 0 Å². The molecular formula is C11H13N3OS. The zero-order chi connectivity index (χ0) is 11.0. The summed E-state index contributed by atoms with van der Waals surface area (Å²) in [5.74, 6) is 4.01. The molecule has 84 valence electrons. The summed E-state index contributed by atoms with van der Waals surface area (Å²) in [7, 11) is 0. The molecule has 3 rings (SSSR count). The van der Waals surface area contributed by atoms with E-state index >= 15 is 0 Å². The number of aromatic hydroxyl groups is 1. The highest BCUT2D eigenvalue weighted by atomic mass is 32.2. The number of fused-ring (bicyclic) bond motifs is 1. The van der Waals surface area contributed by atoms with Crippen LogP contribution < -0.4 is 0 Å². The number of hydrogen-bond acceptors (Lipinski definition) is 4. The van der Waals surface area contributed by atoms with Crippen LogP contribution in [0, 0.1) is 0 Å². The molecule has 0 aromatic carbocycles. The van der Waals surface area contributed by atoms with Gasteiger partial charge in [-0.15, -0.1) is 10.2 Å². The Hall–Kier alpha value is -1.23. The first kappa shape index (κ1) is 9.96. The van der Waals surface area contributed by atoms with Crippen LogP contribution in [0.5, 0.6) is 5.75 Å². The van der Waals surface area contributed by atoms with E-state index in [4.69, 9.17) is 0 Å². The SMILES string of the molecule is Oc1cccn2c(C3CCCSC3)nnc12. The maximum absolute atomic E-state index is 9.65. The molecule has 0 radical (unpaired) electrons. The van der Waals surface area contributed by atoms with Crippen LogP contribution in [0.4, 0.5) is 0 Å². The molecule has 5 heteroatoms. The highest BCUT2D eigenvalue weighted by molar-refractivity contribution is 7.99. The molecule has 1 aliphatic rings. The average Bonchev–Trinajstić information content (AvgIpc) is 2.75. The predicted octanol–water partition coefficient (Wildman–Crippen LogP) is 2.05. The van der Waals surface area contributed by atoms with E-state index in [1.165, 1.54) is 18.6 Å². The third-order valence-electron chi connectivity index (χ3n) is 2.97. The van der Waals surface area contributed by atoms with Crippen LogP contribution in [-0.4, -0.2) is 31.2 Å². The van der Waals surface area contributed by atoms with E-state index in [2.05, 4.69) is 10.2 Å². The summed E-state index contributed by atoms with van der Waals surface area (Å²) in [4.78, 5) is 0. The van der Waals surface area contributed by atoms with Crippen molar-refractivity contribution >= 4 is 17.4 Å². The molecule has 1 unspecified atom stereocenters. The van der Waals surface area contributed by atoms with Gasteiger partial charge in [0.2, 0.25) is 5.65 Å². The summed E-state index contributed by atoms with van der Waals surface area (Å²) >= 11 is 1.97. The summed E-state index contributed by atoms with van der Waals surface area (Å²) in [5, 5.41) is 17.9. The van der Waals surface area contributed by atoms with Gasteiger partial charge in [-0.25, -0.2) is 0 Å². The van der Waals surface area contributed by atoms with Gasteiger partial charge in [0.05, 0.1) is 0 Å². The lowest BCUT2D eigenvalue weighted by molar-refractivity contribution is 0.477. The van der Waals surface area contributed by atoms with Crippen molar-refractivity contribution < 1.29 is 5.11 Å².